The quantitative estimate of drug-likeness (QED) is 0.584. The maximum Gasteiger partial charge on any atom is 0.273 e. The molecule has 2 amide bonds. The van der Waals surface area contributed by atoms with Gasteiger partial charge in [-0.1, -0.05) is 35.6 Å². The second-order valence-electron chi connectivity index (χ2n) is 9.61. The van der Waals surface area contributed by atoms with Crippen LogP contribution in [0.3, 0.4) is 0 Å². The molecule has 184 valence electrons. The fraction of sp³-hybridized carbons (Fsp3) is 0.480. The Kier molecular flexibility index (Phi) is 6.55. The largest absolute Gasteiger partial charge is 0.354 e. The topological polar surface area (TPSA) is 100 Å². The monoisotopic (exact) mass is 494 g/mol. The van der Waals surface area contributed by atoms with Gasteiger partial charge in [0.15, 0.2) is 10.8 Å². The molecule has 2 aromatic heterocycles. The molecule has 3 aromatic rings. The Hall–Kier alpha value is -3.27. The highest BCUT2D eigenvalue weighted by molar-refractivity contribution is 7.22. The molecule has 4 heterocycles. The van der Waals surface area contributed by atoms with Crippen molar-refractivity contribution < 1.29 is 9.59 Å². The number of carbonyl (C=O) groups is 2. The molecule has 0 saturated carbocycles. The van der Waals surface area contributed by atoms with E-state index in [0.717, 1.165) is 31.4 Å². The Balaban J connectivity index is 1.31. The first-order valence-electron chi connectivity index (χ1n) is 12.1. The number of fused-ring (bicyclic) bond motifs is 2. The lowest BCUT2D eigenvalue weighted by molar-refractivity contribution is -0.132. The lowest BCUT2D eigenvalue weighted by Crippen LogP contribution is -2.44. The average Bonchev–Trinajstić information content (AvgIpc) is 3.30. The van der Waals surface area contributed by atoms with Gasteiger partial charge in [-0.25, -0.2) is 4.98 Å². The highest BCUT2D eigenvalue weighted by Crippen LogP contribution is 2.29. The highest BCUT2D eigenvalue weighted by atomic mass is 32.1. The molecule has 1 saturated heterocycles. The van der Waals surface area contributed by atoms with E-state index < -0.39 is 0 Å². The minimum absolute atomic E-state index is 0.0433. The van der Waals surface area contributed by atoms with Gasteiger partial charge in [0.2, 0.25) is 11.8 Å². The van der Waals surface area contributed by atoms with Gasteiger partial charge in [0.05, 0.1) is 5.92 Å². The molecule has 0 aliphatic carbocycles. The number of amides is 2. The fourth-order valence-electron chi connectivity index (χ4n) is 4.80. The van der Waals surface area contributed by atoms with E-state index in [0.29, 0.717) is 35.1 Å². The summed E-state index contributed by atoms with van der Waals surface area (Å²) in [4.78, 5) is 51.5. The summed E-state index contributed by atoms with van der Waals surface area (Å²) in [6, 6.07) is 8.25. The van der Waals surface area contributed by atoms with Crippen LogP contribution in [0.25, 0.3) is 10.3 Å². The number of carbonyl (C=O) groups excluding carboxylic acids is 2. The van der Waals surface area contributed by atoms with E-state index in [1.165, 1.54) is 27.8 Å². The third-order valence-corrected chi connectivity index (χ3v) is 7.75. The molecule has 2 aliphatic rings. The normalized spacial score (nSPS) is 18.1. The number of hydrogen-bond acceptors (Lipinski definition) is 7. The number of hydrogen-bond donors (Lipinski definition) is 1. The van der Waals surface area contributed by atoms with E-state index in [9.17, 15) is 14.4 Å². The third kappa shape index (κ3) is 4.93. The molecule has 0 unspecified atom stereocenters. The standard InChI is InChI=1S/C25H30N6O3S/c1-16(2)27-23(33)19-8-5-10-30(13-19)25-28-22-21(35-25)24(34)31(15-26-22)14-20(32)29-11-9-17-6-3-4-7-18(17)12-29/h3-4,6-7,15-16,19H,5,8-14H2,1-2H3,(H,27,33)/t19-/m0/s1. The van der Waals surface area contributed by atoms with E-state index in [1.54, 1.807) is 4.90 Å². The first-order valence-corrected chi connectivity index (χ1v) is 13.0. The van der Waals surface area contributed by atoms with E-state index >= 15 is 0 Å². The molecule has 0 radical (unpaired) electrons. The number of rotatable bonds is 5. The predicted octanol–water partition coefficient (Wildman–Crippen LogP) is 2.18. The molecular weight excluding hydrogens is 464 g/mol. The molecule has 2 aliphatic heterocycles. The van der Waals surface area contributed by atoms with Crippen molar-refractivity contribution in [2.75, 3.05) is 24.5 Å². The minimum atomic E-state index is -0.254. The van der Waals surface area contributed by atoms with Gasteiger partial charge in [0, 0.05) is 32.2 Å². The van der Waals surface area contributed by atoms with Crippen LogP contribution in [-0.2, 0) is 29.1 Å². The van der Waals surface area contributed by atoms with Crippen molar-refractivity contribution in [3.63, 3.8) is 0 Å². The summed E-state index contributed by atoms with van der Waals surface area (Å²) in [5.74, 6) is -0.136. The van der Waals surface area contributed by atoms with E-state index in [1.807, 2.05) is 32.0 Å². The van der Waals surface area contributed by atoms with Crippen LogP contribution in [0.5, 0.6) is 0 Å². The Morgan fingerprint density at radius 1 is 1.20 bits per heavy atom. The van der Waals surface area contributed by atoms with Crippen molar-refractivity contribution in [2.24, 2.45) is 5.92 Å². The maximum absolute atomic E-state index is 13.2. The molecule has 5 rings (SSSR count). The maximum atomic E-state index is 13.2. The second kappa shape index (κ2) is 9.77. The van der Waals surface area contributed by atoms with Gasteiger partial charge in [-0.2, -0.15) is 4.98 Å². The molecule has 9 nitrogen and oxygen atoms in total. The van der Waals surface area contributed by atoms with Gasteiger partial charge < -0.3 is 15.1 Å². The molecule has 10 heteroatoms. The number of nitrogens with one attached hydrogen (secondary N) is 1. The minimum Gasteiger partial charge on any atom is -0.354 e. The van der Waals surface area contributed by atoms with Crippen LogP contribution in [0, 0.1) is 5.92 Å². The van der Waals surface area contributed by atoms with Crippen LogP contribution >= 0.6 is 11.3 Å². The second-order valence-corrected chi connectivity index (χ2v) is 10.6. The molecule has 0 bridgehead atoms. The Labute approximate surface area is 207 Å². The SMILES string of the molecule is CC(C)NC(=O)[C@H]1CCCN(c2nc3ncn(CC(=O)N4CCc5ccccc5C4)c(=O)c3s2)C1. The van der Waals surface area contributed by atoms with Gasteiger partial charge >= 0.3 is 0 Å². The Morgan fingerprint density at radius 2 is 2.00 bits per heavy atom. The summed E-state index contributed by atoms with van der Waals surface area (Å²) in [5, 5.41) is 3.69. The van der Waals surface area contributed by atoms with Crippen molar-refractivity contribution in [1.29, 1.82) is 0 Å². The van der Waals surface area contributed by atoms with E-state index in [-0.39, 0.29) is 35.9 Å². The average molecular weight is 495 g/mol. The van der Waals surface area contributed by atoms with Crippen molar-refractivity contribution >= 4 is 38.6 Å². The summed E-state index contributed by atoms with van der Waals surface area (Å²) in [7, 11) is 0. The molecule has 1 aromatic carbocycles. The number of piperidine rings is 1. The lowest BCUT2D eigenvalue weighted by atomic mass is 9.97. The predicted molar refractivity (Wildman–Crippen MR) is 135 cm³/mol. The van der Waals surface area contributed by atoms with Crippen LogP contribution in [-0.4, -0.2) is 56.9 Å². The molecule has 1 fully saturated rings. The number of benzene rings is 1. The van der Waals surface area contributed by atoms with Gasteiger partial charge in [-0.05, 0) is 44.2 Å². The summed E-state index contributed by atoms with van der Waals surface area (Å²) >= 11 is 1.29. The van der Waals surface area contributed by atoms with E-state index in [2.05, 4.69) is 26.3 Å². The Morgan fingerprint density at radius 3 is 2.80 bits per heavy atom. The van der Waals surface area contributed by atoms with Crippen LogP contribution in [0.1, 0.15) is 37.8 Å². The summed E-state index contributed by atoms with van der Waals surface area (Å²) in [6.45, 7) is 6.43. The first-order chi connectivity index (χ1) is 16.9. The van der Waals surface area contributed by atoms with Crippen molar-refractivity contribution in [2.45, 2.75) is 52.2 Å². The summed E-state index contributed by atoms with van der Waals surface area (Å²) in [5.41, 5.74) is 2.56. The smallest absolute Gasteiger partial charge is 0.273 e. The molecule has 1 atom stereocenters. The van der Waals surface area contributed by atoms with Gasteiger partial charge in [-0.3, -0.25) is 19.0 Å². The number of nitrogens with zero attached hydrogens (tertiary/aromatic N) is 5. The summed E-state index contributed by atoms with van der Waals surface area (Å²) in [6.07, 6.45) is 3.96. The van der Waals surface area contributed by atoms with E-state index in [4.69, 9.17) is 0 Å². The zero-order valence-corrected chi connectivity index (χ0v) is 20.9. The molecular formula is C25H30N6O3S. The highest BCUT2D eigenvalue weighted by Gasteiger charge is 2.28. The molecule has 35 heavy (non-hydrogen) atoms. The van der Waals surface area contributed by atoms with Gasteiger partial charge in [-0.15, -0.1) is 0 Å². The fourth-order valence-corrected chi connectivity index (χ4v) is 5.81. The number of aromatic nitrogens is 3. The number of thiazole rings is 1. The third-order valence-electron chi connectivity index (χ3n) is 6.66. The van der Waals surface area contributed by atoms with Crippen LogP contribution < -0.4 is 15.8 Å². The summed E-state index contributed by atoms with van der Waals surface area (Å²) < 4.78 is 1.82. The van der Waals surface area contributed by atoms with Crippen LogP contribution in [0.2, 0.25) is 0 Å². The van der Waals surface area contributed by atoms with Gasteiger partial charge in [0.1, 0.15) is 17.6 Å². The zero-order valence-electron chi connectivity index (χ0n) is 20.1. The Bertz CT molecular complexity index is 1320. The van der Waals surface area contributed by atoms with Crippen molar-refractivity contribution in [3.8, 4) is 0 Å². The molecule has 1 N–H and O–H groups in total. The zero-order chi connectivity index (χ0) is 24.5. The molecule has 0 spiro atoms. The van der Waals surface area contributed by atoms with Crippen LogP contribution in [0.15, 0.2) is 35.4 Å². The van der Waals surface area contributed by atoms with Crippen molar-refractivity contribution in [3.05, 3.63) is 52.1 Å². The van der Waals surface area contributed by atoms with Crippen LogP contribution in [0.4, 0.5) is 5.13 Å². The van der Waals surface area contributed by atoms with Gasteiger partial charge in [0.25, 0.3) is 5.56 Å². The number of anilines is 1. The van der Waals surface area contributed by atoms with Crippen molar-refractivity contribution in [1.82, 2.24) is 24.8 Å². The lowest BCUT2D eigenvalue weighted by Gasteiger charge is -2.32. The first kappa shape index (κ1) is 23.5.